The minimum atomic E-state index is 0.257. The molecule has 2 atom stereocenters. The Balaban J connectivity index is 1.20. The fourth-order valence-electron chi connectivity index (χ4n) is 6.04. The van der Waals surface area contributed by atoms with Crippen LogP contribution in [0, 0.1) is 5.92 Å². The van der Waals surface area contributed by atoms with Gasteiger partial charge in [0.05, 0.1) is 0 Å². The second-order valence-corrected chi connectivity index (χ2v) is 9.76. The Bertz CT molecular complexity index is 1110. The van der Waals surface area contributed by atoms with Crippen molar-refractivity contribution in [1.82, 2.24) is 24.3 Å². The summed E-state index contributed by atoms with van der Waals surface area (Å²) in [5, 5.41) is 1.17. The molecule has 1 N–H and O–H groups in total. The second kappa shape index (κ2) is 7.92. The topological polar surface area (TPSA) is 57.2 Å². The van der Waals surface area contributed by atoms with Gasteiger partial charge < -0.3 is 9.55 Å². The number of hydrogen-bond acceptors (Lipinski definition) is 4. The molecule has 0 aromatic carbocycles. The first-order chi connectivity index (χ1) is 15.2. The van der Waals surface area contributed by atoms with Crippen LogP contribution >= 0.6 is 0 Å². The van der Waals surface area contributed by atoms with E-state index in [0.717, 1.165) is 57.0 Å². The first-order valence-corrected chi connectivity index (χ1v) is 11.8. The molecule has 3 aliphatic rings. The molecule has 31 heavy (non-hydrogen) atoms. The van der Waals surface area contributed by atoms with E-state index in [-0.39, 0.29) is 5.56 Å². The van der Waals surface area contributed by atoms with Gasteiger partial charge in [0.25, 0.3) is 5.56 Å². The molecule has 2 bridgehead atoms. The molecule has 3 aromatic rings. The summed E-state index contributed by atoms with van der Waals surface area (Å²) in [6.07, 6.45) is 6.89. The fourth-order valence-corrected chi connectivity index (χ4v) is 6.04. The van der Waals surface area contributed by atoms with Gasteiger partial charge in [-0.2, -0.15) is 0 Å². The third-order valence-electron chi connectivity index (χ3n) is 7.44. The zero-order chi connectivity index (χ0) is 20.8. The molecule has 0 unspecified atom stereocenters. The van der Waals surface area contributed by atoms with Crippen molar-refractivity contribution in [2.75, 3.05) is 26.2 Å². The molecule has 162 valence electrons. The number of piperidine rings is 2. The Morgan fingerprint density at radius 1 is 1.00 bits per heavy atom. The van der Waals surface area contributed by atoms with Gasteiger partial charge in [0.2, 0.25) is 0 Å². The van der Waals surface area contributed by atoms with Crippen molar-refractivity contribution in [1.29, 1.82) is 0 Å². The molecule has 2 saturated heterocycles. The van der Waals surface area contributed by atoms with Crippen molar-refractivity contribution < 1.29 is 0 Å². The number of likely N-dealkylation sites (tertiary alicyclic amines) is 2. The largest absolute Gasteiger partial charge is 0.342 e. The molecule has 6 nitrogen and oxygen atoms in total. The first-order valence-electron chi connectivity index (χ1n) is 11.8. The van der Waals surface area contributed by atoms with Gasteiger partial charge in [-0.3, -0.25) is 14.6 Å². The van der Waals surface area contributed by atoms with Gasteiger partial charge in [-0.15, -0.1) is 0 Å². The van der Waals surface area contributed by atoms with Gasteiger partial charge in [-0.25, -0.2) is 4.98 Å². The van der Waals surface area contributed by atoms with Crippen LogP contribution in [0.4, 0.5) is 0 Å². The van der Waals surface area contributed by atoms with Gasteiger partial charge in [0.15, 0.2) is 0 Å². The van der Waals surface area contributed by atoms with Crippen molar-refractivity contribution in [3.8, 4) is 0 Å². The summed E-state index contributed by atoms with van der Waals surface area (Å²) < 4.78 is 2.11. The highest BCUT2D eigenvalue weighted by Crippen LogP contribution is 2.36. The van der Waals surface area contributed by atoms with Gasteiger partial charge >= 0.3 is 0 Å². The molecule has 6 heterocycles. The lowest BCUT2D eigenvalue weighted by atomic mass is 9.83. The second-order valence-electron chi connectivity index (χ2n) is 9.76. The molecule has 6 heteroatoms. The van der Waals surface area contributed by atoms with E-state index < -0.39 is 0 Å². The minimum Gasteiger partial charge on any atom is -0.342 e. The van der Waals surface area contributed by atoms with Crippen LogP contribution < -0.4 is 5.56 Å². The predicted octanol–water partition coefficient (Wildman–Crippen LogP) is 3.33. The molecular weight excluding hydrogens is 386 g/mol. The van der Waals surface area contributed by atoms with Crippen LogP contribution in [-0.4, -0.2) is 50.5 Å². The summed E-state index contributed by atoms with van der Waals surface area (Å²) in [5.41, 5.74) is 4.67. The Morgan fingerprint density at radius 3 is 2.77 bits per heavy atom. The summed E-state index contributed by atoms with van der Waals surface area (Å²) >= 11 is 0. The van der Waals surface area contributed by atoms with Crippen LogP contribution in [-0.2, 0) is 19.6 Å². The van der Waals surface area contributed by atoms with Crippen LogP contribution in [0.1, 0.15) is 48.6 Å². The van der Waals surface area contributed by atoms with Crippen LogP contribution in [0.2, 0.25) is 0 Å². The van der Waals surface area contributed by atoms with Crippen molar-refractivity contribution in [2.24, 2.45) is 5.92 Å². The SMILES string of the molecule is O=c1c(CN2CCCCC2)ccc2n1C[C@H]1C[C@@H]2CN(Cc2cc3cccnc3[nH]2)C1. The lowest BCUT2D eigenvalue weighted by Crippen LogP contribution is -2.47. The predicted molar refractivity (Wildman–Crippen MR) is 122 cm³/mol. The maximum atomic E-state index is 13.3. The third kappa shape index (κ3) is 3.72. The van der Waals surface area contributed by atoms with E-state index in [2.05, 4.69) is 48.6 Å². The quantitative estimate of drug-likeness (QED) is 0.708. The Hall–Kier alpha value is -2.44. The number of rotatable bonds is 4. The van der Waals surface area contributed by atoms with E-state index in [4.69, 9.17) is 0 Å². The molecule has 0 aliphatic carbocycles. The Kier molecular flexibility index (Phi) is 4.92. The normalized spacial score (nSPS) is 24.4. The minimum absolute atomic E-state index is 0.257. The highest BCUT2D eigenvalue weighted by Gasteiger charge is 2.35. The van der Waals surface area contributed by atoms with Crippen LogP contribution in [0.25, 0.3) is 11.0 Å². The van der Waals surface area contributed by atoms with E-state index in [1.807, 2.05) is 12.3 Å². The molecule has 3 aromatic heterocycles. The number of H-pyrrole nitrogens is 1. The Labute approximate surface area is 182 Å². The highest BCUT2D eigenvalue weighted by atomic mass is 16.1. The summed E-state index contributed by atoms with van der Waals surface area (Å²) in [4.78, 5) is 26.2. The summed E-state index contributed by atoms with van der Waals surface area (Å²) in [5.74, 6) is 1.00. The fraction of sp³-hybridized carbons (Fsp3) is 0.520. The van der Waals surface area contributed by atoms with Crippen LogP contribution in [0.5, 0.6) is 0 Å². The van der Waals surface area contributed by atoms with Crippen molar-refractivity contribution in [2.45, 2.75) is 51.2 Å². The average molecular weight is 418 g/mol. The highest BCUT2D eigenvalue weighted by molar-refractivity contribution is 5.76. The number of nitrogens with zero attached hydrogens (tertiary/aromatic N) is 4. The summed E-state index contributed by atoms with van der Waals surface area (Å²) in [6.45, 7) is 6.93. The summed E-state index contributed by atoms with van der Waals surface area (Å²) in [7, 11) is 0. The number of aromatic nitrogens is 3. The number of fused-ring (bicyclic) bond motifs is 5. The number of nitrogens with one attached hydrogen (secondary N) is 1. The lowest BCUT2D eigenvalue weighted by Gasteiger charge is -2.43. The van der Waals surface area contributed by atoms with Crippen molar-refractivity contribution in [3.05, 3.63) is 63.8 Å². The Morgan fingerprint density at radius 2 is 1.90 bits per heavy atom. The molecule has 6 rings (SSSR count). The van der Waals surface area contributed by atoms with Gasteiger partial charge in [0.1, 0.15) is 5.65 Å². The number of hydrogen-bond donors (Lipinski definition) is 1. The van der Waals surface area contributed by atoms with E-state index in [9.17, 15) is 4.79 Å². The molecular formula is C25H31N5O. The van der Waals surface area contributed by atoms with E-state index in [1.165, 1.54) is 42.5 Å². The maximum absolute atomic E-state index is 13.3. The van der Waals surface area contributed by atoms with Crippen LogP contribution in [0.3, 0.4) is 0 Å². The third-order valence-corrected chi connectivity index (χ3v) is 7.44. The van der Waals surface area contributed by atoms with E-state index in [1.54, 1.807) is 0 Å². The average Bonchev–Trinajstić information content (AvgIpc) is 3.19. The molecule has 0 saturated carbocycles. The zero-order valence-corrected chi connectivity index (χ0v) is 18.1. The molecule has 2 fully saturated rings. The first kappa shape index (κ1) is 19.3. The van der Waals surface area contributed by atoms with Gasteiger partial charge in [-0.1, -0.05) is 12.5 Å². The molecule has 0 radical (unpaired) electrons. The molecule has 3 aliphatic heterocycles. The van der Waals surface area contributed by atoms with Crippen molar-refractivity contribution in [3.63, 3.8) is 0 Å². The van der Waals surface area contributed by atoms with Gasteiger partial charge in [-0.05, 0) is 62.5 Å². The van der Waals surface area contributed by atoms with Crippen LogP contribution in [0.15, 0.2) is 41.3 Å². The van der Waals surface area contributed by atoms with Gasteiger partial charge in [0, 0.05) is 67.2 Å². The van der Waals surface area contributed by atoms with Crippen molar-refractivity contribution >= 4 is 11.0 Å². The zero-order valence-electron chi connectivity index (χ0n) is 18.1. The standard InChI is InChI=1S/C25H31N5O/c31-25-20(15-28-9-2-1-3-10-28)6-7-23-21-11-18(14-30(23)25)13-29(16-21)17-22-12-19-5-4-8-26-24(19)27-22/h4-8,12,18,21H,1-3,9-11,13-17H2,(H,26,27)/t18-,21+/m0/s1. The molecule has 0 amide bonds. The monoisotopic (exact) mass is 417 g/mol. The summed E-state index contributed by atoms with van der Waals surface area (Å²) in [6, 6.07) is 10.7. The van der Waals surface area contributed by atoms with E-state index >= 15 is 0 Å². The molecule has 0 spiro atoms. The smallest absolute Gasteiger partial charge is 0.255 e. The number of pyridine rings is 2. The lowest BCUT2D eigenvalue weighted by molar-refractivity contribution is 0.113. The maximum Gasteiger partial charge on any atom is 0.255 e. The number of aromatic amines is 1. The van der Waals surface area contributed by atoms with E-state index in [0.29, 0.717) is 11.8 Å².